The van der Waals surface area contributed by atoms with E-state index in [0.29, 0.717) is 16.5 Å². The molecule has 2 unspecified atom stereocenters. The Hall–Kier alpha value is -1.72. The van der Waals surface area contributed by atoms with Crippen molar-refractivity contribution in [1.82, 2.24) is 0 Å². The molecule has 2 N–H and O–H groups in total. The summed E-state index contributed by atoms with van der Waals surface area (Å²) in [5.74, 6) is 0.104. The maximum Gasteiger partial charge on any atom is 0.273 e. The number of hydrogen-bond acceptors (Lipinski definition) is 3. The summed E-state index contributed by atoms with van der Waals surface area (Å²) in [6, 6.07) is 14.8. The second kappa shape index (κ2) is 6.83. The minimum atomic E-state index is -0.346. The van der Waals surface area contributed by atoms with Gasteiger partial charge in [0.15, 0.2) is 0 Å². The van der Waals surface area contributed by atoms with Crippen molar-refractivity contribution in [1.29, 1.82) is 0 Å². The SMILES string of the molecule is CC(Cc1ccc(Br)cc1[N+](=O)[O-])C(N)c1ccccc1. The molecule has 0 heterocycles. The van der Waals surface area contributed by atoms with Crippen LogP contribution in [0.25, 0.3) is 0 Å². The van der Waals surface area contributed by atoms with E-state index in [-0.39, 0.29) is 22.6 Å². The van der Waals surface area contributed by atoms with Crippen LogP contribution < -0.4 is 5.73 Å². The van der Waals surface area contributed by atoms with E-state index in [0.717, 1.165) is 5.56 Å². The highest BCUT2D eigenvalue weighted by atomic mass is 79.9. The Balaban J connectivity index is 2.20. The van der Waals surface area contributed by atoms with Crippen LogP contribution in [0.1, 0.15) is 24.1 Å². The normalized spacial score (nSPS) is 13.7. The summed E-state index contributed by atoms with van der Waals surface area (Å²) in [6.07, 6.45) is 0.569. The second-order valence-corrected chi connectivity index (χ2v) is 6.06. The molecule has 0 spiro atoms. The molecule has 110 valence electrons. The third-order valence-corrected chi connectivity index (χ3v) is 4.08. The molecule has 21 heavy (non-hydrogen) atoms. The van der Waals surface area contributed by atoms with Gasteiger partial charge in [-0.15, -0.1) is 0 Å². The Morgan fingerprint density at radius 1 is 1.24 bits per heavy atom. The van der Waals surface area contributed by atoms with Crippen LogP contribution in [0.5, 0.6) is 0 Å². The summed E-state index contributed by atoms with van der Waals surface area (Å²) in [6.45, 7) is 2.02. The minimum Gasteiger partial charge on any atom is -0.324 e. The van der Waals surface area contributed by atoms with Gasteiger partial charge in [0.2, 0.25) is 0 Å². The maximum atomic E-state index is 11.1. The molecule has 2 aromatic rings. The van der Waals surface area contributed by atoms with Gasteiger partial charge in [0.1, 0.15) is 0 Å². The van der Waals surface area contributed by atoms with Crippen molar-refractivity contribution in [3.8, 4) is 0 Å². The van der Waals surface area contributed by atoms with Gasteiger partial charge in [-0.2, -0.15) is 0 Å². The standard InChI is InChI=1S/C16H17BrN2O2/c1-11(16(18)12-5-3-2-4-6-12)9-13-7-8-14(17)10-15(13)19(20)21/h2-8,10-11,16H,9,18H2,1H3. The third kappa shape index (κ3) is 3.89. The topological polar surface area (TPSA) is 69.2 Å². The van der Waals surface area contributed by atoms with E-state index in [4.69, 9.17) is 5.73 Å². The van der Waals surface area contributed by atoms with Crippen LogP contribution in [0.4, 0.5) is 5.69 Å². The lowest BCUT2D eigenvalue weighted by Crippen LogP contribution is -2.21. The third-order valence-electron chi connectivity index (χ3n) is 3.58. The van der Waals surface area contributed by atoms with E-state index in [1.54, 1.807) is 6.07 Å². The number of nitro benzene ring substituents is 1. The van der Waals surface area contributed by atoms with Crippen LogP contribution in [0.2, 0.25) is 0 Å². The Labute approximate surface area is 132 Å². The van der Waals surface area contributed by atoms with Crippen LogP contribution >= 0.6 is 15.9 Å². The predicted octanol–water partition coefficient (Wildman–Crippen LogP) is 4.24. The lowest BCUT2D eigenvalue weighted by Gasteiger charge is -2.20. The van der Waals surface area contributed by atoms with Crippen molar-refractivity contribution in [3.05, 3.63) is 74.2 Å². The van der Waals surface area contributed by atoms with Gasteiger partial charge in [0, 0.05) is 22.1 Å². The minimum absolute atomic E-state index is 0.104. The Morgan fingerprint density at radius 2 is 1.90 bits per heavy atom. The van der Waals surface area contributed by atoms with Crippen LogP contribution in [0, 0.1) is 16.0 Å². The van der Waals surface area contributed by atoms with Gasteiger partial charge in [0.05, 0.1) is 4.92 Å². The monoisotopic (exact) mass is 348 g/mol. The fourth-order valence-electron chi connectivity index (χ4n) is 2.36. The molecule has 4 nitrogen and oxygen atoms in total. The smallest absolute Gasteiger partial charge is 0.273 e. The largest absolute Gasteiger partial charge is 0.324 e. The molecular weight excluding hydrogens is 332 g/mol. The zero-order valence-corrected chi connectivity index (χ0v) is 13.3. The zero-order chi connectivity index (χ0) is 15.4. The molecule has 2 atom stereocenters. The quantitative estimate of drug-likeness (QED) is 0.649. The molecule has 0 aromatic heterocycles. The first kappa shape index (κ1) is 15.7. The number of hydrogen-bond donors (Lipinski definition) is 1. The fourth-order valence-corrected chi connectivity index (χ4v) is 2.71. The van der Waals surface area contributed by atoms with Crippen LogP contribution in [0.3, 0.4) is 0 Å². The highest BCUT2D eigenvalue weighted by molar-refractivity contribution is 9.10. The van der Waals surface area contributed by atoms with E-state index in [9.17, 15) is 10.1 Å². The van der Waals surface area contributed by atoms with Crippen molar-refractivity contribution >= 4 is 21.6 Å². The van der Waals surface area contributed by atoms with Gasteiger partial charge in [-0.1, -0.05) is 59.3 Å². The van der Waals surface area contributed by atoms with Crippen molar-refractivity contribution in [3.63, 3.8) is 0 Å². The molecule has 0 aliphatic rings. The molecule has 5 heteroatoms. The molecule has 0 fully saturated rings. The van der Waals surface area contributed by atoms with Gasteiger partial charge in [-0.3, -0.25) is 10.1 Å². The summed E-state index contributed by atoms with van der Waals surface area (Å²) >= 11 is 3.27. The van der Waals surface area contributed by atoms with E-state index in [2.05, 4.69) is 15.9 Å². The first-order valence-electron chi connectivity index (χ1n) is 6.72. The average Bonchev–Trinajstić information content (AvgIpc) is 2.49. The van der Waals surface area contributed by atoms with Crippen LogP contribution in [0.15, 0.2) is 53.0 Å². The fraction of sp³-hybridized carbons (Fsp3) is 0.250. The Kier molecular flexibility index (Phi) is 5.09. The molecule has 0 aliphatic heterocycles. The maximum absolute atomic E-state index is 11.1. The molecule has 0 bridgehead atoms. The summed E-state index contributed by atoms with van der Waals surface area (Å²) in [4.78, 5) is 10.8. The van der Waals surface area contributed by atoms with Crippen molar-refractivity contribution in [2.45, 2.75) is 19.4 Å². The van der Waals surface area contributed by atoms with E-state index >= 15 is 0 Å². The Bertz CT molecular complexity index is 631. The van der Waals surface area contributed by atoms with Crippen molar-refractivity contribution < 1.29 is 4.92 Å². The first-order valence-corrected chi connectivity index (χ1v) is 7.51. The van der Waals surface area contributed by atoms with E-state index in [1.807, 2.05) is 43.3 Å². The number of benzene rings is 2. The van der Waals surface area contributed by atoms with Gasteiger partial charge < -0.3 is 5.73 Å². The summed E-state index contributed by atoms with van der Waals surface area (Å²) < 4.78 is 0.706. The number of nitrogens with zero attached hydrogens (tertiary/aromatic N) is 1. The number of halogens is 1. The van der Waals surface area contributed by atoms with E-state index in [1.165, 1.54) is 6.07 Å². The highest BCUT2D eigenvalue weighted by Crippen LogP contribution is 2.29. The van der Waals surface area contributed by atoms with Crippen molar-refractivity contribution in [2.24, 2.45) is 11.7 Å². The molecule has 0 aliphatic carbocycles. The molecule has 0 radical (unpaired) electrons. The molecule has 0 saturated heterocycles. The van der Waals surface area contributed by atoms with Crippen LogP contribution in [-0.2, 0) is 6.42 Å². The van der Waals surface area contributed by atoms with Gasteiger partial charge >= 0.3 is 0 Å². The van der Waals surface area contributed by atoms with Crippen LogP contribution in [-0.4, -0.2) is 4.92 Å². The van der Waals surface area contributed by atoms with Gasteiger partial charge in [0.25, 0.3) is 5.69 Å². The van der Waals surface area contributed by atoms with Gasteiger partial charge in [-0.25, -0.2) is 0 Å². The first-order chi connectivity index (χ1) is 9.99. The lowest BCUT2D eigenvalue weighted by molar-refractivity contribution is -0.385. The number of nitrogens with two attached hydrogens (primary N) is 1. The second-order valence-electron chi connectivity index (χ2n) is 5.15. The number of nitro groups is 1. The summed E-state index contributed by atoms with van der Waals surface area (Å²) in [5, 5.41) is 11.1. The van der Waals surface area contributed by atoms with Crippen molar-refractivity contribution in [2.75, 3.05) is 0 Å². The predicted molar refractivity (Wildman–Crippen MR) is 87.0 cm³/mol. The summed E-state index contributed by atoms with van der Waals surface area (Å²) in [5.41, 5.74) is 8.16. The average molecular weight is 349 g/mol. The molecule has 0 amide bonds. The highest BCUT2D eigenvalue weighted by Gasteiger charge is 2.20. The lowest BCUT2D eigenvalue weighted by atomic mass is 9.89. The van der Waals surface area contributed by atoms with E-state index < -0.39 is 0 Å². The van der Waals surface area contributed by atoms with Gasteiger partial charge in [-0.05, 0) is 24.0 Å². The molecule has 2 aromatic carbocycles. The molecule has 2 rings (SSSR count). The Morgan fingerprint density at radius 3 is 2.52 bits per heavy atom. The summed E-state index contributed by atoms with van der Waals surface area (Å²) in [7, 11) is 0. The molecule has 0 saturated carbocycles. The molecular formula is C16H17BrN2O2. The number of rotatable bonds is 5. The zero-order valence-electron chi connectivity index (χ0n) is 11.7.